The minimum Gasteiger partial charge on any atom is -0.325 e. The Morgan fingerprint density at radius 3 is 2.71 bits per heavy atom. The molecule has 24 heavy (non-hydrogen) atoms. The van der Waals surface area contributed by atoms with Crippen LogP contribution in [0, 0.1) is 0 Å². The van der Waals surface area contributed by atoms with Crippen molar-refractivity contribution in [2.45, 2.75) is 6.54 Å². The number of fused-ring (bicyclic) bond motifs is 2. The second kappa shape index (κ2) is 5.77. The zero-order chi connectivity index (χ0) is 16.5. The summed E-state index contributed by atoms with van der Waals surface area (Å²) in [6.45, 7) is 0.482. The average molecular weight is 317 g/mol. The molecule has 0 aliphatic carbocycles. The molecule has 1 aliphatic heterocycles. The molecule has 5 heteroatoms. The van der Waals surface area contributed by atoms with E-state index in [1.165, 1.54) is 0 Å². The van der Waals surface area contributed by atoms with Gasteiger partial charge in [-0.2, -0.15) is 0 Å². The lowest BCUT2D eigenvalue weighted by molar-refractivity contribution is -0.116. The molecule has 0 saturated carbocycles. The monoisotopic (exact) mass is 317 g/mol. The lowest BCUT2D eigenvalue weighted by Gasteiger charge is -2.15. The molecule has 0 bridgehead atoms. The topological polar surface area (TPSA) is 62.3 Å². The molecular weight excluding hydrogens is 302 g/mol. The minimum absolute atomic E-state index is 0.0159. The van der Waals surface area contributed by atoms with Gasteiger partial charge >= 0.3 is 0 Å². The molecule has 0 fully saturated rings. The lowest BCUT2D eigenvalue weighted by atomic mass is 10.1. The van der Waals surface area contributed by atoms with Crippen LogP contribution in [0.4, 0.5) is 5.82 Å². The summed E-state index contributed by atoms with van der Waals surface area (Å²) in [5, 5.41) is 3.78. The summed E-state index contributed by atoms with van der Waals surface area (Å²) in [7, 11) is 0. The van der Waals surface area contributed by atoms with Crippen LogP contribution in [0.1, 0.15) is 15.9 Å². The number of hydrogen-bond donors (Lipinski definition) is 1. The Morgan fingerprint density at radius 1 is 1.04 bits per heavy atom. The van der Waals surface area contributed by atoms with Crippen LogP contribution in [0.3, 0.4) is 0 Å². The van der Waals surface area contributed by atoms with Crippen molar-refractivity contribution in [2.24, 2.45) is 0 Å². The van der Waals surface area contributed by atoms with E-state index < -0.39 is 0 Å². The molecule has 5 nitrogen and oxygen atoms in total. The first kappa shape index (κ1) is 14.4. The molecule has 0 radical (unpaired) electrons. The number of para-hydroxylation sites is 1. The zero-order valence-corrected chi connectivity index (χ0v) is 12.9. The number of benzene rings is 2. The van der Waals surface area contributed by atoms with Gasteiger partial charge in [0.1, 0.15) is 12.4 Å². The van der Waals surface area contributed by atoms with Crippen molar-refractivity contribution in [2.75, 3.05) is 11.9 Å². The fourth-order valence-corrected chi connectivity index (χ4v) is 2.93. The highest BCUT2D eigenvalue weighted by atomic mass is 16.2. The Labute approximate surface area is 138 Å². The van der Waals surface area contributed by atoms with Crippen molar-refractivity contribution < 1.29 is 9.59 Å². The van der Waals surface area contributed by atoms with E-state index in [0.717, 1.165) is 16.5 Å². The first-order valence-electron chi connectivity index (χ1n) is 7.73. The molecule has 3 aromatic rings. The summed E-state index contributed by atoms with van der Waals surface area (Å²) in [6, 6.07) is 18.8. The summed E-state index contributed by atoms with van der Waals surface area (Å²) in [4.78, 5) is 30.5. The number of rotatable bonds is 3. The number of aromatic nitrogens is 1. The SMILES string of the molecule is O=C(CN1Cc2ccccc2C1=O)Nc1ccc2ccccc2n1. The molecule has 118 valence electrons. The standard InChI is InChI=1S/C19H15N3O2/c23-18(12-22-11-14-6-1-3-7-15(14)19(22)24)21-17-10-9-13-5-2-4-8-16(13)20-17/h1-10H,11-12H2,(H,20,21,23). The van der Waals surface area contributed by atoms with E-state index >= 15 is 0 Å². The maximum Gasteiger partial charge on any atom is 0.254 e. The fourth-order valence-electron chi connectivity index (χ4n) is 2.93. The number of nitrogens with one attached hydrogen (secondary N) is 1. The third-order valence-electron chi connectivity index (χ3n) is 4.10. The highest BCUT2D eigenvalue weighted by molar-refractivity contribution is 6.02. The van der Waals surface area contributed by atoms with E-state index in [-0.39, 0.29) is 18.4 Å². The first-order valence-corrected chi connectivity index (χ1v) is 7.73. The number of amides is 2. The smallest absolute Gasteiger partial charge is 0.254 e. The van der Waals surface area contributed by atoms with E-state index in [4.69, 9.17) is 0 Å². The Morgan fingerprint density at radius 2 is 1.83 bits per heavy atom. The number of anilines is 1. The van der Waals surface area contributed by atoms with E-state index in [9.17, 15) is 9.59 Å². The second-order valence-electron chi connectivity index (χ2n) is 5.76. The van der Waals surface area contributed by atoms with E-state index in [1.54, 1.807) is 17.0 Å². The molecule has 0 spiro atoms. The van der Waals surface area contributed by atoms with Gasteiger partial charge < -0.3 is 10.2 Å². The highest BCUT2D eigenvalue weighted by Gasteiger charge is 2.28. The molecular formula is C19H15N3O2. The number of hydrogen-bond acceptors (Lipinski definition) is 3. The maximum atomic E-state index is 12.3. The van der Waals surface area contributed by atoms with Crippen LogP contribution in [0.2, 0.25) is 0 Å². The van der Waals surface area contributed by atoms with Crippen molar-refractivity contribution in [1.29, 1.82) is 0 Å². The van der Waals surface area contributed by atoms with Crippen LogP contribution in [0.25, 0.3) is 10.9 Å². The van der Waals surface area contributed by atoms with Crippen molar-refractivity contribution in [3.63, 3.8) is 0 Å². The number of pyridine rings is 1. The Kier molecular flexibility index (Phi) is 3.46. The van der Waals surface area contributed by atoms with Crippen LogP contribution < -0.4 is 5.32 Å². The number of nitrogens with zero attached hydrogens (tertiary/aromatic N) is 2. The first-order chi connectivity index (χ1) is 11.7. The average Bonchev–Trinajstić information content (AvgIpc) is 2.91. The van der Waals surface area contributed by atoms with Crippen LogP contribution in [-0.4, -0.2) is 28.2 Å². The molecule has 0 saturated heterocycles. The summed E-state index contributed by atoms with van der Waals surface area (Å²) < 4.78 is 0. The Bertz CT molecular complexity index is 952. The van der Waals surface area contributed by atoms with Gasteiger partial charge in [-0.3, -0.25) is 9.59 Å². The molecule has 2 amide bonds. The van der Waals surface area contributed by atoms with Gasteiger partial charge in [0.25, 0.3) is 5.91 Å². The van der Waals surface area contributed by atoms with Crippen LogP contribution in [0.5, 0.6) is 0 Å². The number of carbonyl (C=O) groups excluding carboxylic acids is 2. The minimum atomic E-state index is -0.251. The third-order valence-corrected chi connectivity index (χ3v) is 4.10. The Hall–Kier alpha value is -3.21. The van der Waals surface area contributed by atoms with E-state index in [0.29, 0.717) is 17.9 Å². The molecule has 4 rings (SSSR count). The lowest BCUT2D eigenvalue weighted by Crippen LogP contribution is -2.33. The molecule has 0 atom stereocenters. The van der Waals surface area contributed by atoms with Crippen LogP contribution in [-0.2, 0) is 11.3 Å². The largest absolute Gasteiger partial charge is 0.325 e. The quantitative estimate of drug-likeness (QED) is 0.808. The van der Waals surface area contributed by atoms with Gasteiger partial charge in [0.15, 0.2) is 0 Å². The number of carbonyl (C=O) groups is 2. The summed E-state index contributed by atoms with van der Waals surface area (Å²) in [5.74, 6) is 0.133. The van der Waals surface area contributed by atoms with Gasteiger partial charge in [0.2, 0.25) is 5.91 Å². The maximum absolute atomic E-state index is 12.3. The molecule has 1 aliphatic rings. The van der Waals surface area contributed by atoms with Crippen molar-refractivity contribution in [3.8, 4) is 0 Å². The van der Waals surface area contributed by atoms with Crippen molar-refractivity contribution >= 4 is 28.5 Å². The van der Waals surface area contributed by atoms with Gasteiger partial charge in [0.05, 0.1) is 5.52 Å². The third kappa shape index (κ3) is 2.60. The van der Waals surface area contributed by atoms with Gasteiger partial charge in [0, 0.05) is 17.5 Å². The van der Waals surface area contributed by atoms with Crippen molar-refractivity contribution in [1.82, 2.24) is 9.88 Å². The van der Waals surface area contributed by atoms with Gasteiger partial charge in [-0.1, -0.05) is 36.4 Å². The molecule has 1 aromatic heterocycles. The van der Waals surface area contributed by atoms with E-state index in [1.807, 2.05) is 48.5 Å². The highest BCUT2D eigenvalue weighted by Crippen LogP contribution is 2.22. The molecule has 0 unspecified atom stereocenters. The molecule has 1 N–H and O–H groups in total. The van der Waals surface area contributed by atoms with E-state index in [2.05, 4.69) is 10.3 Å². The normalized spacial score (nSPS) is 13.2. The fraction of sp³-hybridized carbons (Fsp3) is 0.105. The predicted octanol–water partition coefficient (Wildman–Crippen LogP) is 2.83. The van der Waals surface area contributed by atoms with Crippen LogP contribution in [0.15, 0.2) is 60.7 Å². The Balaban J connectivity index is 1.46. The van der Waals surface area contributed by atoms with Gasteiger partial charge in [-0.15, -0.1) is 0 Å². The van der Waals surface area contributed by atoms with Gasteiger partial charge in [-0.25, -0.2) is 4.98 Å². The zero-order valence-electron chi connectivity index (χ0n) is 12.9. The second-order valence-corrected chi connectivity index (χ2v) is 5.76. The summed E-state index contributed by atoms with van der Waals surface area (Å²) in [6.07, 6.45) is 0. The van der Waals surface area contributed by atoms with Crippen molar-refractivity contribution in [3.05, 3.63) is 71.8 Å². The van der Waals surface area contributed by atoms with Gasteiger partial charge in [-0.05, 0) is 29.8 Å². The molecule has 2 heterocycles. The van der Waals surface area contributed by atoms with Crippen LogP contribution >= 0.6 is 0 Å². The summed E-state index contributed by atoms with van der Waals surface area (Å²) >= 11 is 0. The summed E-state index contributed by atoms with van der Waals surface area (Å²) in [5.41, 5.74) is 2.45. The molecule has 2 aromatic carbocycles. The predicted molar refractivity (Wildman–Crippen MR) is 91.6 cm³/mol.